The minimum absolute atomic E-state index is 0.813. The van der Waals surface area contributed by atoms with Crippen molar-refractivity contribution >= 4 is 0 Å². The molecule has 0 bridgehead atoms. The lowest BCUT2D eigenvalue weighted by molar-refractivity contribution is -0.309. The quantitative estimate of drug-likeness (QED) is 0.531. The van der Waals surface area contributed by atoms with E-state index in [1.165, 1.54) is 12.3 Å². The molecule has 2 N–H and O–H groups in total. The third kappa shape index (κ3) is 3.87. The van der Waals surface area contributed by atoms with Gasteiger partial charge in [0, 0.05) is 0 Å². The standard InChI is InChI=1S/C11H16O4/c1-2-9(12)11-10(13)7-5-3-4-6-8-14-15-11/h2,5-13H,1,3-4H2/b7-5+,8-6+. The van der Waals surface area contributed by atoms with Gasteiger partial charge in [0.1, 0.15) is 18.5 Å². The van der Waals surface area contributed by atoms with Crippen molar-refractivity contribution in [1.29, 1.82) is 0 Å². The summed E-state index contributed by atoms with van der Waals surface area (Å²) in [5.41, 5.74) is 0. The van der Waals surface area contributed by atoms with Gasteiger partial charge in [0.2, 0.25) is 0 Å². The van der Waals surface area contributed by atoms with E-state index in [4.69, 9.17) is 9.78 Å². The summed E-state index contributed by atoms with van der Waals surface area (Å²) in [6, 6.07) is 0. The Labute approximate surface area is 89.1 Å². The van der Waals surface area contributed by atoms with Crippen LogP contribution in [0.15, 0.2) is 37.1 Å². The summed E-state index contributed by atoms with van der Waals surface area (Å²) in [6.45, 7) is 3.43. The van der Waals surface area contributed by atoms with Crippen molar-refractivity contribution in [3.63, 3.8) is 0 Å². The lowest BCUT2D eigenvalue weighted by Gasteiger charge is -2.22. The van der Waals surface area contributed by atoms with Gasteiger partial charge in [-0.05, 0) is 18.9 Å². The van der Waals surface area contributed by atoms with Gasteiger partial charge in [-0.15, -0.1) is 6.58 Å². The van der Waals surface area contributed by atoms with Crippen LogP contribution < -0.4 is 0 Å². The molecule has 1 aliphatic heterocycles. The number of rotatable bonds is 2. The molecule has 0 saturated heterocycles. The van der Waals surface area contributed by atoms with Crippen LogP contribution in [0.2, 0.25) is 0 Å². The molecule has 0 radical (unpaired) electrons. The van der Waals surface area contributed by atoms with Crippen LogP contribution in [0.4, 0.5) is 0 Å². The summed E-state index contributed by atoms with van der Waals surface area (Å²) in [6.07, 6.45) is 6.80. The third-order valence-corrected chi connectivity index (χ3v) is 2.07. The molecule has 0 aromatic carbocycles. The average Bonchev–Trinajstić information content (AvgIpc) is 2.26. The summed E-state index contributed by atoms with van der Waals surface area (Å²) in [7, 11) is 0. The molecule has 0 amide bonds. The van der Waals surface area contributed by atoms with E-state index in [2.05, 4.69) is 6.58 Å². The maximum atomic E-state index is 9.67. The molecule has 0 spiro atoms. The molecule has 0 saturated carbocycles. The average molecular weight is 212 g/mol. The van der Waals surface area contributed by atoms with E-state index in [0.717, 1.165) is 12.8 Å². The fourth-order valence-electron chi connectivity index (χ4n) is 1.19. The van der Waals surface area contributed by atoms with Crippen molar-refractivity contribution in [1.82, 2.24) is 0 Å². The topological polar surface area (TPSA) is 58.9 Å². The maximum Gasteiger partial charge on any atom is 0.163 e. The van der Waals surface area contributed by atoms with Gasteiger partial charge in [-0.1, -0.05) is 18.2 Å². The Morgan fingerprint density at radius 2 is 2.13 bits per heavy atom. The molecule has 84 valence electrons. The number of allylic oxidation sites excluding steroid dienone is 2. The van der Waals surface area contributed by atoms with E-state index < -0.39 is 18.3 Å². The van der Waals surface area contributed by atoms with E-state index in [0.29, 0.717) is 0 Å². The van der Waals surface area contributed by atoms with Crippen LogP contribution in [-0.4, -0.2) is 28.5 Å². The minimum Gasteiger partial charge on any atom is -0.386 e. The van der Waals surface area contributed by atoms with Gasteiger partial charge in [-0.25, -0.2) is 0 Å². The van der Waals surface area contributed by atoms with E-state index in [-0.39, 0.29) is 0 Å². The van der Waals surface area contributed by atoms with E-state index >= 15 is 0 Å². The minimum atomic E-state index is -0.975. The number of aliphatic hydroxyl groups excluding tert-OH is 2. The Kier molecular flexibility index (Phi) is 5.10. The zero-order chi connectivity index (χ0) is 11.1. The van der Waals surface area contributed by atoms with Crippen molar-refractivity contribution in [3.05, 3.63) is 37.1 Å². The fraction of sp³-hybridized carbons (Fsp3) is 0.455. The summed E-state index contributed by atoms with van der Waals surface area (Å²) in [5.74, 6) is 0. The summed E-state index contributed by atoms with van der Waals surface area (Å²) in [4.78, 5) is 9.61. The highest BCUT2D eigenvalue weighted by Crippen LogP contribution is 2.11. The first-order chi connectivity index (χ1) is 7.25. The molecule has 3 atom stereocenters. The molecule has 0 aliphatic carbocycles. The lowest BCUT2D eigenvalue weighted by Crippen LogP contribution is -2.37. The lowest BCUT2D eigenvalue weighted by atomic mass is 10.1. The molecular formula is C11H16O4. The van der Waals surface area contributed by atoms with Crippen LogP contribution in [0.25, 0.3) is 0 Å². The van der Waals surface area contributed by atoms with Crippen LogP contribution in [0.1, 0.15) is 12.8 Å². The second kappa shape index (κ2) is 6.40. The zero-order valence-corrected chi connectivity index (χ0v) is 8.45. The highest BCUT2D eigenvalue weighted by atomic mass is 17.2. The van der Waals surface area contributed by atoms with Crippen LogP contribution in [0.5, 0.6) is 0 Å². The van der Waals surface area contributed by atoms with Gasteiger partial charge >= 0.3 is 0 Å². The van der Waals surface area contributed by atoms with Crippen LogP contribution in [0.3, 0.4) is 0 Å². The first-order valence-electron chi connectivity index (χ1n) is 4.88. The largest absolute Gasteiger partial charge is 0.386 e. The second-order valence-electron chi connectivity index (χ2n) is 3.25. The summed E-state index contributed by atoms with van der Waals surface area (Å²) < 4.78 is 0. The monoisotopic (exact) mass is 212 g/mol. The van der Waals surface area contributed by atoms with Gasteiger partial charge in [-0.3, -0.25) is 0 Å². The first-order valence-corrected chi connectivity index (χ1v) is 4.88. The maximum absolute atomic E-state index is 9.67. The van der Waals surface area contributed by atoms with E-state index in [9.17, 15) is 10.2 Å². The molecular weight excluding hydrogens is 196 g/mol. The smallest absolute Gasteiger partial charge is 0.163 e. The molecule has 1 heterocycles. The molecule has 4 nitrogen and oxygen atoms in total. The second-order valence-corrected chi connectivity index (χ2v) is 3.25. The van der Waals surface area contributed by atoms with E-state index in [1.807, 2.05) is 6.08 Å². The normalized spacial score (nSPS) is 33.5. The first kappa shape index (κ1) is 12.0. The Hall–Kier alpha value is -1.10. The molecule has 1 rings (SSSR count). The number of hydrogen-bond donors (Lipinski definition) is 2. The van der Waals surface area contributed by atoms with Gasteiger partial charge < -0.3 is 15.1 Å². The van der Waals surface area contributed by atoms with Gasteiger partial charge in [0.25, 0.3) is 0 Å². The van der Waals surface area contributed by atoms with E-state index in [1.54, 1.807) is 12.2 Å². The van der Waals surface area contributed by atoms with Gasteiger partial charge in [-0.2, -0.15) is 4.89 Å². The van der Waals surface area contributed by atoms with Crippen LogP contribution in [-0.2, 0) is 9.78 Å². The molecule has 0 aromatic heterocycles. The predicted octanol–water partition coefficient (Wildman–Crippen LogP) is 1.07. The third-order valence-electron chi connectivity index (χ3n) is 2.07. The Bertz CT molecular complexity index is 247. The predicted molar refractivity (Wildman–Crippen MR) is 55.7 cm³/mol. The Morgan fingerprint density at radius 3 is 2.87 bits per heavy atom. The Morgan fingerprint density at radius 1 is 1.40 bits per heavy atom. The summed E-state index contributed by atoms with van der Waals surface area (Å²) >= 11 is 0. The molecule has 4 heteroatoms. The highest BCUT2D eigenvalue weighted by Gasteiger charge is 2.25. The van der Waals surface area contributed by atoms with Crippen molar-refractivity contribution in [2.24, 2.45) is 0 Å². The van der Waals surface area contributed by atoms with Crippen molar-refractivity contribution < 1.29 is 20.0 Å². The van der Waals surface area contributed by atoms with Crippen molar-refractivity contribution in [3.8, 4) is 0 Å². The van der Waals surface area contributed by atoms with Crippen LogP contribution >= 0.6 is 0 Å². The summed E-state index contributed by atoms with van der Waals surface area (Å²) in [5, 5.41) is 19.2. The van der Waals surface area contributed by atoms with Gasteiger partial charge in [0.05, 0.1) is 0 Å². The SMILES string of the molecule is C=CC(O)C1OO/C=C/CC/C=C/C1O. The molecule has 0 fully saturated rings. The molecule has 1 aliphatic rings. The molecule has 3 unspecified atom stereocenters. The molecule has 0 aromatic rings. The zero-order valence-electron chi connectivity index (χ0n) is 8.45. The number of aliphatic hydroxyl groups is 2. The van der Waals surface area contributed by atoms with Gasteiger partial charge in [0.15, 0.2) is 6.10 Å². The number of hydrogen-bond acceptors (Lipinski definition) is 4. The fourth-order valence-corrected chi connectivity index (χ4v) is 1.19. The highest BCUT2D eigenvalue weighted by molar-refractivity contribution is 4.99. The van der Waals surface area contributed by atoms with Crippen molar-refractivity contribution in [2.75, 3.05) is 0 Å². The van der Waals surface area contributed by atoms with Crippen LogP contribution in [0, 0.1) is 0 Å². The Balaban J connectivity index is 2.67. The molecule has 15 heavy (non-hydrogen) atoms. The van der Waals surface area contributed by atoms with Crippen molar-refractivity contribution in [2.45, 2.75) is 31.2 Å².